The molecule has 0 spiro atoms. The van der Waals surface area contributed by atoms with Gasteiger partial charge in [0, 0.05) is 16.1 Å². The van der Waals surface area contributed by atoms with Gasteiger partial charge in [0.05, 0.1) is 17.4 Å². The minimum Gasteiger partial charge on any atom is -0.489 e. The summed E-state index contributed by atoms with van der Waals surface area (Å²) in [7, 11) is 0. The second-order valence-corrected chi connectivity index (χ2v) is 7.02. The van der Waals surface area contributed by atoms with Crippen LogP contribution < -0.4 is 10.1 Å². The number of halogens is 3. The number of nitrogens with one attached hydrogen (secondary N) is 1. The number of rotatable bonds is 5. The van der Waals surface area contributed by atoms with Crippen molar-refractivity contribution in [3.8, 4) is 5.75 Å². The van der Waals surface area contributed by atoms with Crippen LogP contribution in [0.25, 0.3) is 0 Å². The number of hydrogen-bond donors (Lipinski definition) is 1. The third kappa shape index (κ3) is 4.71. The molecule has 1 unspecified atom stereocenters. The van der Waals surface area contributed by atoms with Gasteiger partial charge in [-0.3, -0.25) is 4.79 Å². The van der Waals surface area contributed by atoms with Crippen LogP contribution in [0.3, 0.4) is 0 Å². The van der Waals surface area contributed by atoms with E-state index >= 15 is 0 Å². The number of ether oxygens (including phenoxy) is 2. The van der Waals surface area contributed by atoms with Gasteiger partial charge >= 0.3 is 0 Å². The van der Waals surface area contributed by atoms with Gasteiger partial charge in [0.2, 0.25) is 0 Å². The molecule has 2 aromatic carbocycles. The molecule has 1 N–H and O–H groups in total. The smallest absolute Gasteiger partial charge is 0.258 e. The van der Waals surface area contributed by atoms with E-state index in [1.807, 2.05) is 0 Å². The molecule has 3 rings (SSSR count). The van der Waals surface area contributed by atoms with Crippen LogP contribution in [0.5, 0.6) is 5.75 Å². The van der Waals surface area contributed by atoms with Crippen molar-refractivity contribution < 1.29 is 18.7 Å². The molecule has 1 atom stereocenters. The first-order valence-corrected chi connectivity index (χ1v) is 9.00. The van der Waals surface area contributed by atoms with Crippen molar-refractivity contribution in [2.45, 2.75) is 18.9 Å². The van der Waals surface area contributed by atoms with E-state index in [9.17, 15) is 9.18 Å². The molecule has 0 saturated carbocycles. The molecule has 4 nitrogen and oxygen atoms in total. The highest BCUT2D eigenvalue weighted by molar-refractivity contribution is 9.10. The average molecular weight is 429 g/mol. The molecule has 1 aliphatic rings. The summed E-state index contributed by atoms with van der Waals surface area (Å²) in [4.78, 5) is 12.4. The molecule has 0 bridgehead atoms. The van der Waals surface area contributed by atoms with Crippen molar-refractivity contribution >= 4 is 39.1 Å². The summed E-state index contributed by atoms with van der Waals surface area (Å²) in [5, 5.41) is 3.10. The summed E-state index contributed by atoms with van der Waals surface area (Å²) in [6.07, 6.45) is 2.00. The maximum absolute atomic E-state index is 14.0. The zero-order valence-electron chi connectivity index (χ0n) is 13.2. The fraction of sp³-hybridized carbons (Fsp3) is 0.278. The quantitative estimate of drug-likeness (QED) is 0.725. The van der Waals surface area contributed by atoms with E-state index in [0.29, 0.717) is 27.5 Å². The lowest BCUT2D eigenvalue weighted by molar-refractivity contribution is 0.0682. The number of carbonyl (C=O) groups is 1. The lowest BCUT2D eigenvalue weighted by Gasteiger charge is -2.15. The Morgan fingerprint density at radius 3 is 2.92 bits per heavy atom. The van der Waals surface area contributed by atoms with Gasteiger partial charge in [-0.25, -0.2) is 4.39 Å². The van der Waals surface area contributed by atoms with E-state index < -0.39 is 11.7 Å². The highest BCUT2D eigenvalue weighted by atomic mass is 79.9. The first-order chi connectivity index (χ1) is 12.0. The monoisotopic (exact) mass is 427 g/mol. The summed E-state index contributed by atoms with van der Waals surface area (Å²) in [5.41, 5.74) is 0.325. The highest BCUT2D eigenvalue weighted by Crippen LogP contribution is 2.29. The highest BCUT2D eigenvalue weighted by Gasteiger charge is 2.18. The molecule has 0 aromatic heterocycles. The predicted octanol–water partition coefficient (Wildman–Crippen LogP) is 5.05. The molecular formula is C18H16BrClFNO3. The van der Waals surface area contributed by atoms with E-state index in [1.165, 1.54) is 12.1 Å². The van der Waals surface area contributed by atoms with Crippen LogP contribution in [-0.4, -0.2) is 25.2 Å². The summed E-state index contributed by atoms with van der Waals surface area (Å²) in [6.45, 7) is 1.12. The summed E-state index contributed by atoms with van der Waals surface area (Å²) in [6, 6.07) is 9.16. The van der Waals surface area contributed by atoms with Gasteiger partial charge in [0.15, 0.2) is 0 Å². The summed E-state index contributed by atoms with van der Waals surface area (Å²) < 4.78 is 25.8. The SMILES string of the molecule is O=C(Nc1cc(Cl)ccc1OCC1CCCO1)c1ccc(Br)cc1F. The van der Waals surface area contributed by atoms with Crippen LogP contribution in [0.15, 0.2) is 40.9 Å². The number of anilines is 1. The van der Waals surface area contributed by atoms with Crippen LogP contribution in [0.2, 0.25) is 5.02 Å². The predicted molar refractivity (Wildman–Crippen MR) is 98.0 cm³/mol. The van der Waals surface area contributed by atoms with Crippen molar-refractivity contribution in [1.82, 2.24) is 0 Å². The average Bonchev–Trinajstić information content (AvgIpc) is 3.07. The summed E-state index contributed by atoms with van der Waals surface area (Å²) in [5.74, 6) is -0.726. The fourth-order valence-electron chi connectivity index (χ4n) is 2.55. The van der Waals surface area contributed by atoms with Gasteiger partial charge in [-0.1, -0.05) is 27.5 Å². The Bertz CT molecular complexity index is 781. The summed E-state index contributed by atoms with van der Waals surface area (Å²) >= 11 is 9.18. The standard InChI is InChI=1S/C18H16BrClFNO3/c19-11-3-5-14(15(21)8-11)18(23)22-16-9-12(20)4-6-17(16)25-10-13-2-1-7-24-13/h3-6,8-9,13H,1-2,7,10H2,(H,22,23). The fourth-order valence-corrected chi connectivity index (χ4v) is 3.05. The van der Waals surface area contributed by atoms with Crippen molar-refractivity contribution in [1.29, 1.82) is 0 Å². The van der Waals surface area contributed by atoms with Crippen molar-refractivity contribution in [3.63, 3.8) is 0 Å². The molecule has 1 fully saturated rings. The Hall–Kier alpha value is -1.63. The molecule has 2 aromatic rings. The molecule has 1 heterocycles. The maximum Gasteiger partial charge on any atom is 0.258 e. The largest absolute Gasteiger partial charge is 0.489 e. The molecular weight excluding hydrogens is 413 g/mol. The zero-order valence-corrected chi connectivity index (χ0v) is 15.6. The number of carbonyl (C=O) groups excluding carboxylic acids is 1. The normalized spacial score (nSPS) is 16.7. The number of amides is 1. The maximum atomic E-state index is 14.0. The van der Waals surface area contributed by atoms with E-state index in [1.54, 1.807) is 24.3 Å². The Balaban J connectivity index is 1.75. The van der Waals surface area contributed by atoms with Crippen molar-refractivity contribution in [2.75, 3.05) is 18.5 Å². The third-order valence-electron chi connectivity index (χ3n) is 3.81. The van der Waals surface area contributed by atoms with Crippen LogP contribution in [-0.2, 0) is 4.74 Å². The molecule has 132 valence electrons. The topological polar surface area (TPSA) is 47.6 Å². The van der Waals surface area contributed by atoms with E-state index in [2.05, 4.69) is 21.2 Å². The van der Waals surface area contributed by atoms with Gasteiger partial charge in [0.25, 0.3) is 5.91 Å². The number of hydrogen-bond acceptors (Lipinski definition) is 3. The van der Waals surface area contributed by atoms with Gasteiger partial charge in [-0.2, -0.15) is 0 Å². The molecule has 1 aliphatic heterocycles. The van der Waals surface area contributed by atoms with Gasteiger partial charge in [0.1, 0.15) is 18.2 Å². The van der Waals surface area contributed by atoms with Crippen LogP contribution in [0.4, 0.5) is 10.1 Å². The van der Waals surface area contributed by atoms with Crippen LogP contribution in [0, 0.1) is 5.82 Å². The molecule has 0 aliphatic carbocycles. The van der Waals surface area contributed by atoms with Gasteiger partial charge in [-0.15, -0.1) is 0 Å². The molecule has 7 heteroatoms. The minimum absolute atomic E-state index is 0.0446. The first-order valence-electron chi connectivity index (χ1n) is 7.83. The Labute approximate surface area is 158 Å². The van der Waals surface area contributed by atoms with E-state index in [0.717, 1.165) is 19.4 Å². The molecule has 25 heavy (non-hydrogen) atoms. The van der Waals surface area contributed by atoms with Crippen molar-refractivity contribution in [2.24, 2.45) is 0 Å². The Morgan fingerprint density at radius 1 is 1.36 bits per heavy atom. The van der Waals surface area contributed by atoms with Crippen LogP contribution >= 0.6 is 27.5 Å². The molecule has 1 saturated heterocycles. The number of benzene rings is 2. The van der Waals surface area contributed by atoms with Crippen LogP contribution in [0.1, 0.15) is 23.2 Å². The second-order valence-electron chi connectivity index (χ2n) is 5.66. The first kappa shape index (κ1) is 18.2. The Morgan fingerprint density at radius 2 is 2.20 bits per heavy atom. The lowest BCUT2D eigenvalue weighted by Crippen LogP contribution is -2.18. The van der Waals surface area contributed by atoms with Crippen molar-refractivity contribution in [3.05, 3.63) is 57.3 Å². The molecule has 0 radical (unpaired) electrons. The second kappa shape index (κ2) is 8.17. The minimum atomic E-state index is -0.615. The lowest BCUT2D eigenvalue weighted by atomic mass is 10.2. The van der Waals surface area contributed by atoms with E-state index in [-0.39, 0.29) is 11.7 Å². The Kier molecular flexibility index (Phi) is 5.93. The van der Waals surface area contributed by atoms with E-state index in [4.69, 9.17) is 21.1 Å². The molecule has 1 amide bonds. The zero-order chi connectivity index (χ0) is 17.8. The third-order valence-corrected chi connectivity index (χ3v) is 4.54. The van der Waals surface area contributed by atoms with Gasteiger partial charge in [-0.05, 0) is 49.2 Å². The van der Waals surface area contributed by atoms with Gasteiger partial charge < -0.3 is 14.8 Å².